The third-order valence-electron chi connectivity index (χ3n) is 4.93. The Morgan fingerprint density at radius 3 is 1.96 bits per heavy atom. The fourth-order valence-corrected chi connectivity index (χ4v) is 4.29. The molecular formula is C20H12Br2N2O3. The van der Waals surface area contributed by atoms with Crippen molar-refractivity contribution in [2.24, 2.45) is 0 Å². The van der Waals surface area contributed by atoms with Gasteiger partial charge in [0.05, 0.1) is 5.56 Å². The van der Waals surface area contributed by atoms with Gasteiger partial charge in [-0.05, 0) is 30.3 Å². The summed E-state index contributed by atoms with van der Waals surface area (Å²) in [5.41, 5.74) is 3.60. The minimum Gasteiger partial charge on any atom is -0.456 e. The van der Waals surface area contributed by atoms with Crippen molar-refractivity contribution < 1.29 is 14.3 Å². The van der Waals surface area contributed by atoms with Crippen LogP contribution in [0.15, 0.2) is 60.7 Å². The minimum absolute atomic E-state index is 0.338. The van der Waals surface area contributed by atoms with E-state index in [-0.39, 0.29) is 5.97 Å². The molecule has 0 bridgehead atoms. The quantitative estimate of drug-likeness (QED) is 0.358. The van der Waals surface area contributed by atoms with Crippen LogP contribution in [0.1, 0.15) is 27.0 Å². The Kier molecular flexibility index (Phi) is 3.70. The summed E-state index contributed by atoms with van der Waals surface area (Å²) in [6.07, 6.45) is 0. The topological polar surface area (TPSA) is 59.6 Å². The lowest BCUT2D eigenvalue weighted by Gasteiger charge is -2.36. The van der Waals surface area contributed by atoms with Gasteiger partial charge < -0.3 is 18.2 Å². The fourth-order valence-electron chi connectivity index (χ4n) is 3.79. The van der Waals surface area contributed by atoms with E-state index in [0.29, 0.717) is 17.1 Å². The maximum atomic E-state index is 12.7. The van der Waals surface area contributed by atoms with Crippen LogP contribution in [0.2, 0.25) is 0 Å². The Labute approximate surface area is 172 Å². The number of benzene rings is 3. The van der Waals surface area contributed by atoms with Gasteiger partial charge in [0.25, 0.3) is 0 Å². The number of anilines is 2. The predicted molar refractivity (Wildman–Crippen MR) is 110 cm³/mol. The van der Waals surface area contributed by atoms with E-state index in [1.165, 1.54) is 0 Å². The summed E-state index contributed by atoms with van der Waals surface area (Å²) in [6.45, 7) is 0. The molecule has 0 fully saturated rings. The molecule has 0 aromatic heterocycles. The standard InChI is InChI=1S/C20H12Br2N2O3/c21-23-11-5-7-15-17(9-11)26-18-10-12(24-22)6-8-16(18)20(15)14-4-2-1-3-13(14)19(25)27-20/h1-10,23-24H. The molecule has 2 N–H and O–H groups in total. The first-order valence-corrected chi connectivity index (χ1v) is 9.79. The average Bonchev–Trinajstić information content (AvgIpc) is 3.01. The van der Waals surface area contributed by atoms with Gasteiger partial charge >= 0.3 is 5.97 Å². The molecule has 3 aromatic rings. The molecule has 5 nitrogen and oxygen atoms in total. The zero-order chi connectivity index (χ0) is 18.6. The molecule has 7 heteroatoms. The number of ether oxygens (including phenoxy) is 2. The molecule has 5 rings (SSSR count). The molecule has 0 amide bonds. The number of halogens is 2. The second-order valence-electron chi connectivity index (χ2n) is 6.33. The van der Waals surface area contributed by atoms with E-state index in [0.717, 1.165) is 28.1 Å². The summed E-state index contributed by atoms with van der Waals surface area (Å²) in [7, 11) is 0. The van der Waals surface area contributed by atoms with Crippen molar-refractivity contribution >= 4 is 49.6 Å². The van der Waals surface area contributed by atoms with Crippen LogP contribution in [0.5, 0.6) is 11.5 Å². The molecule has 0 aliphatic carbocycles. The Morgan fingerprint density at radius 1 is 0.778 bits per heavy atom. The Hall–Kier alpha value is -2.51. The molecule has 0 radical (unpaired) electrons. The van der Waals surface area contributed by atoms with Gasteiger partial charge in [-0.25, -0.2) is 4.79 Å². The third-order valence-corrected chi connectivity index (χ3v) is 5.85. The summed E-state index contributed by atoms with van der Waals surface area (Å²) >= 11 is 6.49. The van der Waals surface area contributed by atoms with Crippen LogP contribution in [0, 0.1) is 0 Å². The van der Waals surface area contributed by atoms with Gasteiger partial charge in [-0.3, -0.25) is 0 Å². The Morgan fingerprint density at radius 2 is 1.37 bits per heavy atom. The second kappa shape index (κ2) is 6.00. The molecule has 1 spiro atoms. The van der Waals surface area contributed by atoms with Gasteiger partial charge in [0.15, 0.2) is 5.60 Å². The molecule has 2 aliphatic rings. The highest BCUT2D eigenvalue weighted by atomic mass is 79.9. The van der Waals surface area contributed by atoms with Gasteiger partial charge in [-0.1, -0.05) is 18.2 Å². The van der Waals surface area contributed by atoms with E-state index in [4.69, 9.17) is 9.47 Å². The van der Waals surface area contributed by atoms with Crippen molar-refractivity contribution in [3.8, 4) is 11.5 Å². The molecule has 2 aliphatic heterocycles. The number of rotatable bonds is 2. The molecule has 2 heterocycles. The summed E-state index contributed by atoms with van der Waals surface area (Å²) in [5, 5.41) is 0. The molecule has 134 valence electrons. The third kappa shape index (κ3) is 2.25. The van der Waals surface area contributed by atoms with Gasteiger partial charge in [-0.15, -0.1) is 0 Å². The van der Waals surface area contributed by atoms with Crippen molar-refractivity contribution in [3.63, 3.8) is 0 Å². The highest BCUT2D eigenvalue weighted by Crippen LogP contribution is 2.56. The summed E-state index contributed by atoms with van der Waals surface area (Å²) in [4.78, 5) is 12.7. The van der Waals surface area contributed by atoms with Gasteiger partial charge in [-0.2, -0.15) is 0 Å². The number of nitrogens with one attached hydrogen (secondary N) is 2. The van der Waals surface area contributed by atoms with Crippen molar-refractivity contribution in [3.05, 3.63) is 82.9 Å². The van der Waals surface area contributed by atoms with Crippen molar-refractivity contribution in [1.29, 1.82) is 0 Å². The van der Waals surface area contributed by atoms with E-state index in [2.05, 4.69) is 41.0 Å². The van der Waals surface area contributed by atoms with Crippen molar-refractivity contribution in [2.75, 3.05) is 8.69 Å². The van der Waals surface area contributed by atoms with Gasteiger partial charge in [0.2, 0.25) is 0 Å². The van der Waals surface area contributed by atoms with Crippen LogP contribution in [0.4, 0.5) is 11.4 Å². The monoisotopic (exact) mass is 486 g/mol. The van der Waals surface area contributed by atoms with E-state index in [1.54, 1.807) is 6.07 Å². The number of carbonyl (C=O) groups excluding carboxylic acids is 1. The maximum Gasteiger partial charge on any atom is 0.340 e. The zero-order valence-corrected chi connectivity index (χ0v) is 16.9. The first-order chi connectivity index (χ1) is 13.2. The van der Waals surface area contributed by atoms with E-state index >= 15 is 0 Å². The molecule has 0 saturated heterocycles. The largest absolute Gasteiger partial charge is 0.456 e. The van der Waals surface area contributed by atoms with Gasteiger partial charge in [0, 0.05) is 72.5 Å². The summed E-state index contributed by atoms with van der Waals surface area (Å²) in [5.74, 6) is 0.918. The normalized spacial score (nSPS) is 15.3. The summed E-state index contributed by atoms with van der Waals surface area (Å²) in [6, 6.07) is 18.9. The van der Waals surface area contributed by atoms with Crippen LogP contribution >= 0.6 is 32.3 Å². The number of hydrogen-bond acceptors (Lipinski definition) is 5. The predicted octanol–water partition coefficient (Wildman–Crippen LogP) is 5.70. The molecule has 0 unspecified atom stereocenters. The average molecular weight is 488 g/mol. The second-order valence-corrected chi connectivity index (χ2v) is 7.12. The van der Waals surface area contributed by atoms with Crippen LogP contribution in [-0.4, -0.2) is 5.97 Å². The lowest BCUT2D eigenvalue weighted by Crippen LogP contribution is -2.33. The molecule has 0 atom stereocenters. The lowest BCUT2D eigenvalue weighted by atomic mass is 9.77. The maximum absolute atomic E-state index is 12.7. The molecule has 27 heavy (non-hydrogen) atoms. The van der Waals surface area contributed by atoms with E-state index < -0.39 is 5.60 Å². The first kappa shape index (κ1) is 16.6. The van der Waals surface area contributed by atoms with Crippen LogP contribution < -0.4 is 13.4 Å². The number of fused-ring (bicyclic) bond motifs is 6. The highest BCUT2D eigenvalue weighted by Gasteiger charge is 2.53. The summed E-state index contributed by atoms with van der Waals surface area (Å²) < 4.78 is 18.1. The molecular weight excluding hydrogens is 476 g/mol. The van der Waals surface area contributed by atoms with Crippen LogP contribution in [-0.2, 0) is 10.3 Å². The SMILES string of the molecule is O=C1OC2(c3ccc(NBr)cc3Oc3cc(NBr)ccc32)c2ccccc21. The van der Waals surface area contributed by atoms with Crippen LogP contribution in [0.25, 0.3) is 0 Å². The Balaban J connectivity index is 1.86. The zero-order valence-electron chi connectivity index (χ0n) is 13.8. The smallest absolute Gasteiger partial charge is 0.340 e. The van der Waals surface area contributed by atoms with Crippen LogP contribution in [0.3, 0.4) is 0 Å². The number of hydrogen-bond donors (Lipinski definition) is 2. The highest BCUT2D eigenvalue weighted by molar-refractivity contribution is 9.10. The van der Waals surface area contributed by atoms with E-state index in [9.17, 15) is 4.79 Å². The van der Waals surface area contributed by atoms with Crippen molar-refractivity contribution in [2.45, 2.75) is 5.60 Å². The lowest BCUT2D eigenvalue weighted by molar-refractivity contribution is 0.0224. The van der Waals surface area contributed by atoms with Crippen molar-refractivity contribution in [1.82, 2.24) is 0 Å². The minimum atomic E-state index is -1.04. The first-order valence-electron chi connectivity index (χ1n) is 8.20. The molecule has 3 aromatic carbocycles. The Bertz CT molecular complexity index is 1050. The molecule has 0 saturated carbocycles. The number of esters is 1. The number of carbonyl (C=O) groups is 1. The van der Waals surface area contributed by atoms with E-state index in [1.807, 2.05) is 54.6 Å². The van der Waals surface area contributed by atoms with Gasteiger partial charge in [0.1, 0.15) is 11.5 Å². The fraction of sp³-hybridized carbons (Fsp3) is 0.0500.